The van der Waals surface area contributed by atoms with Crippen molar-refractivity contribution in [1.29, 1.82) is 0 Å². The SMILES string of the molecule is COc1ccccc1CCNC(N)=NCCC(C)C. The molecular weight excluding hydrogens is 238 g/mol. The number of methoxy groups -OCH3 is 1. The number of hydrogen-bond donors (Lipinski definition) is 2. The van der Waals surface area contributed by atoms with E-state index < -0.39 is 0 Å². The lowest BCUT2D eigenvalue weighted by molar-refractivity contribution is 0.409. The number of aliphatic imine (C=N–C) groups is 1. The molecule has 0 saturated heterocycles. The largest absolute Gasteiger partial charge is 0.496 e. The zero-order valence-electron chi connectivity index (χ0n) is 12.1. The first-order valence-corrected chi connectivity index (χ1v) is 6.79. The number of benzene rings is 1. The minimum atomic E-state index is 0.524. The first kappa shape index (κ1) is 15.3. The average molecular weight is 263 g/mol. The summed E-state index contributed by atoms with van der Waals surface area (Å²) < 4.78 is 5.30. The van der Waals surface area contributed by atoms with E-state index in [0.717, 1.165) is 31.7 Å². The minimum Gasteiger partial charge on any atom is -0.496 e. The normalized spacial score (nSPS) is 11.7. The van der Waals surface area contributed by atoms with Crippen molar-refractivity contribution in [3.8, 4) is 5.75 Å². The number of hydrogen-bond acceptors (Lipinski definition) is 2. The zero-order valence-corrected chi connectivity index (χ0v) is 12.1. The Kier molecular flexibility index (Phi) is 6.79. The van der Waals surface area contributed by atoms with Crippen LogP contribution in [0.3, 0.4) is 0 Å². The second-order valence-corrected chi connectivity index (χ2v) is 4.94. The number of nitrogens with zero attached hydrogens (tertiary/aromatic N) is 1. The van der Waals surface area contributed by atoms with Gasteiger partial charge in [-0.05, 0) is 30.4 Å². The van der Waals surface area contributed by atoms with Crippen molar-refractivity contribution in [3.05, 3.63) is 29.8 Å². The van der Waals surface area contributed by atoms with Crippen LogP contribution in [-0.2, 0) is 6.42 Å². The standard InChI is InChI=1S/C15H25N3O/c1-12(2)8-10-17-15(16)18-11-9-13-6-4-5-7-14(13)19-3/h4-7,12H,8-11H2,1-3H3,(H3,16,17,18). The summed E-state index contributed by atoms with van der Waals surface area (Å²) in [4.78, 5) is 4.29. The molecule has 0 aliphatic heterocycles. The molecule has 0 radical (unpaired) electrons. The van der Waals surface area contributed by atoms with Gasteiger partial charge < -0.3 is 15.8 Å². The molecule has 1 rings (SSSR count). The third kappa shape index (κ3) is 6.13. The van der Waals surface area contributed by atoms with Crippen LogP contribution in [0.4, 0.5) is 0 Å². The number of para-hydroxylation sites is 1. The molecule has 0 spiro atoms. The highest BCUT2D eigenvalue weighted by molar-refractivity contribution is 5.77. The molecule has 106 valence electrons. The number of rotatable bonds is 7. The monoisotopic (exact) mass is 263 g/mol. The third-order valence-corrected chi connectivity index (χ3v) is 2.88. The maximum Gasteiger partial charge on any atom is 0.188 e. The van der Waals surface area contributed by atoms with Crippen molar-refractivity contribution < 1.29 is 4.74 Å². The van der Waals surface area contributed by atoms with Gasteiger partial charge in [-0.2, -0.15) is 0 Å². The molecule has 0 aliphatic rings. The van der Waals surface area contributed by atoms with E-state index in [1.807, 2.05) is 18.2 Å². The fourth-order valence-corrected chi connectivity index (χ4v) is 1.73. The predicted molar refractivity (Wildman–Crippen MR) is 80.6 cm³/mol. The average Bonchev–Trinajstić information content (AvgIpc) is 2.39. The van der Waals surface area contributed by atoms with Gasteiger partial charge in [0.25, 0.3) is 0 Å². The fraction of sp³-hybridized carbons (Fsp3) is 0.533. The van der Waals surface area contributed by atoms with Gasteiger partial charge in [-0.25, -0.2) is 0 Å². The van der Waals surface area contributed by atoms with Crippen molar-refractivity contribution in [2.75, 3.05) is 20.2 Å². The van der Waals surface area contributed by atoms with E-state index >= 15 is 0 Å². The van der Waals surface area contributed by atoms with Crippen LogP contribution in [0.15, 0.2) is 29.3 Å². The molecule has 4 nitrogen and oxygen atoms in total. The van der Waals surface area contributed by atoms with Gasteiger partial charge in [-0.1, -0.05) is 32.0 Å². The number of guanidine groups is 1. The second kappa shape index (κ2) is 8.40. The molecule has 0 saturated carbocycles. The van der Waals surface area contributed by atoms with Gasteiger partial charge in [0.2, 0.25) is 0 Å². The Morgan fingerprint density at radius 2 is 2.11 bits per heavy atom. The van der Waals surface area contributed by atoms with E-state index in [-0.39, 0.29) is 0 Å². The summed E-state index contributed by atoms with van der Waals surface area (Å²) >= 11 is 0. The molecule has 0 fully saturated rings. The summed E-state index contributed by atoms with van der Waals surface area (Å²) in [6.07, 6.45) is 1.93. The van der Waals surface area contributed by atoms with Crippen LogP contribution >= 0.6 is 0 Å². The number of ether oxygens (including phenoxy) is 1. The molecule has 0 amide bonds. The summed E-state index contributed by atoms with van der Waals surface area (Å²) in [5, 5.41) is 3.13. The zero-order chi connectivity index (χ0) is 14.1. The molecule has 0 bridgehead atoms. The fourth-order valence-electron chi connectivity index (χ4n) is 1.73. The van der Waals surface area contributed by atoms with Gasteiger partial charge in [-0.3, -0.25) is 4.99 Å². The first-order valence-electron chi connectivity index (χ1n) is 6.79. The lowest BCUT2D eigenvalue weighted by Crippen LogP contribution is -2.33. The molecule has 0 aromatic heterocycles. The number of nitrogens with one attached hydrogen (secondary N) is 1. The van der Waals surface area contributed by atoms with Crippen LogP contribution in [0.1, 0.15) is 25.8 Å². The molecule has 1 aromatic rings. The van der Waals surface area contributed by atoms with Gasteiger partial charge in [0.1, 0.15) is 5.75 Å². The summed E-state index contributed by atoms with van der Waals surface area (Å²) in [6.45, 7) is 5.91. The lowest BCUT2D eigenvalue weighted by atomic mass is 10.1. The van der Waals surface area contributed by atoms with Crippen LogP contribution in [0, 0.1) is 5.92 Å². The highest BCUT2D eigenvalue weighted by Gasteiger charge is 2.01. The summed E-state index contributed by atoms with van der Waals surface area (Å²) in [5.74, 6) is 2.10. The van der Waals surface area contributed by atoms with E-state index in [2.05, 4.69) is 30.2 Å². The second-order valence-electron chi connectivity index (χ2n) is 4.94. The Labute approximate surface area is 116 Å². The Bertz CT molecular complexity index is 402. The molecule has 1 aromatic carbocycles. The number of nitrogens with two attached hydrogens (primary N) is 1. The molecule has 0 unspecified atom stereocenters. The molecule has 0 atom stereocenters. The Morgan fingerprint density at radius 1 is 1.37 bits per heavy atom. The molecule has 4 heteroatoms. The first-order chi connectivity index (χ1) is 9.13. The van der Waals surface area contributed by atoms with E-state index in [9.17, 15) is 0 Å². The van der Waals surface area contributed by atoms with Crippen LogP contribution in [0.5, 0.6) is 5.75 Å². The van der Waals surface area contributed by atoms with Crippen LogP contribution in [0.2, 0.25) is 0 Å². The van der Waals surface area contributed by atoms with Crippen molar-refractivity contribution in [1.82, 2.24) is 5.32 Å². The van der Waals surface area contributed by atoms with Crippen LogP contribution < -0.4 is 15.8 Å². The van der Waals surface area contributed by atoms with E-state index in [4.69, 9.17) is 10.5 Å². The predicted octanol–water partition coefficient (Wildman–Crippen LogP) is 2.19. The maximum atomic E-state index is 5.80. The highest BCUT2D eigenvalue weighted by Crippen LogP contribution is 2.17. The summed E-state index contributed by atoms with van der Waals surface area (Å²) in [7, 11) is 1.69. The molecule has 0 heterocycles. The van der Waals surface area contributed by atoms with E-state index in [0.29, 0.717) is 11.9 Å². The maximum absolute atomic E-state index is 5.80. The highest BCUT2D eigenvalue weighted by atomic mass is 16.5. The van der Waals surface area contributed by atoms with Crippen LogP contribution in [-0.4, -0.2) is 26.2 Å². The Hall–Kier alpha value is -1.71. The molecular formula is C15H25N3O. The van der Waals surface area contributed by atoms with Gasteiger partial charge in [-0.15, -0.1) is 0 Å². The van der Waals surface area contributed by atoms with Gasteiger partial charge >= 0.3 is 0 Å². The van der Waals surface area contributed by atoms with E-state index in [1.165, 1.54) is 5.56 Å². The van der Waals surface area contributed by atoms with Crippen molar-refractivity contribution in [2.45, 2.75) is 26.7 Å². The van der Waals surface area contributed by atoms with Crippen LogP contribution in [0.25, 0.3) is 0 Å². The lowest BCUT2D eigenvalue weighted by Gasteiger charge is -2.09. The molecule has 19 heavy (non-hydrogen) atoms. The van der Waals surface area contributed by atoms with Crippen molar-refractivity contribution >= 4 is 5.96 Å². The van der Waals surface area contributed by atoms with Crippen molar-refractivity contribution in [3.63, 3.8) is 0 Å². The van der Waals surface area contributed by atoms with Gasteiger partial charge in [0.15, 0.2) is 5.96 Å². The topological polar surface area (TPSA) is 59.6 Å². The van der Waals surface area contributed by atoms with Gasteiger partial charge in [0, 0.05) is 13.1 Å². The summed E-state index contributed by atoms with van der Waals surface area (Å²) in [5.41, 5.74) is 6.98. The Balaban J connectivity index is 2.33. The minimum absolute atomic E-state index is 0.524. The quantitative estimate of drug-likeness (QED) is 0.585. The van der Waals surface area contributed by atoms with Crippen molar-refractivity contribution in [2.24, 2.45) is 16.6 Å². The van der Waals surface area contributed by atoms with Gasteiger partial charge in [0.05, 0.1) is 7.11 Å². The smallest absolute Gasteiger partial charge is 0.188 e. The molecule has 0 aliphatic carbocycles. The Morgan fingerprint density at radius 3 is 2.79 bits per heavy atom. The summed E-state index contributed by atoms with van der Waals surface area (Å²) in [6, 6.07) is 8.01. The third-order valence-electron chi connectivity index (χ3n) is 2.88. The van der Waals surface area contributed by atoms with E-state index in [1.54, 1.807) is 7.11 Å². The molecule has 3 N–H and O–H groups in total.